The molecule has 0 saturated carbocycles. The summed E-state index contributed by atoms with van der Waals surface area (Å²) in [6, 6.07) is 5.81. The lowest BCUT2D eigenvalue weighted by Gasteiger charge is -2.07. The lowest BCUT2D eigenvalue weighted by Crippen LogP contribution is -2.04. The maximum Gasteiger partial charge on any atom is 0.0815 e. The van der Waals surface area contributed by atoms with Crippen molar-refractivity contribution in [3.8, 4) is 0 Å². The van der Waals surface area contributed by atoms with Crippen molar-refractivity contribution in [3.63, 3.8) is 0 Å². The Kier molecular flexibility index (Phi) is 3.57. The Labute approximate surface area is 112 Å². The maximum absolute atomic E-state index is 6.13. The Morgan fingerprint density at radius 2 is 2.06 bits per heavy atom. The molecule has 0 radical (unpaired) electrons. The minimum absolute atomic E-state index is 0.630. The van der Waals surface area contributed by atoms with Crippen LogP contribution in [0.15, 0.2) is 28.9 Å². The molecule has 2 aromatic rings. The Morgan fingerprint density at radius 3 is 2.62 bits per heavy atom. The molecule has 0 atom stereocenters. The molecule has 84 valence electrons. The van der Waals surface area contributed by atoms with Crippen LogP contribution in [0, 0.1) is 6.92 Å². The number of halogens is 3. The van der Waals surface area contributed by atoms with Gasteiger partial charge in [-0.15, -0.1) is 0 Å². The molecule has 1 aromatic heterocycles. The second-order valence-electron chi connectivity index (χ2n) is 3.47. The highest BCUT2D eigenvalue weighted by atomic mass is 79.9. The monoisotopic (exact) mass is 318 g/mol. The van der Waals surface area contributed by atoms with Crippen molar-refractivity contribution >= 4 is 39.1 Å². The molecule has 0 aliphatic rings. The number of hydrogen-bond acceptors (Lipinski definition) is 1. The predicted octanol–water partition coefficient (Wildman–Crippen LogP) is 4.31. The molecular formula is C11H9BrCl2N2. The third-order valence-electron chi connectivity index (χ3n) is 2.38. The van der Waals surface area contributed by atoms with E-state index in [0.717, 1.165) is 20.8 Å². The minimum Gasteiger partial charge on any atom is -0.264 e. The Morgan fingerprint density at radius 1 is 1.31 bits per heavy atom. The molecule has 0 N–H and O–H groups in total. The van der Waals surface area contributed by atoms with Crippen molar-refractivity contribution < 1.29 is 0 Å². The molecule has 0 spiro atoms. The largest absolute Gasteiger partial charge is 0.264 e. The Bertz CT molecular complexity index is 523. The SMILES string of the molecule is Cc1c(Cl)cnn1Cc1ccc(Br)cc1Cl. The van der Waals surface area contributed by atoms with Crippen LogP contribution in [-0.2, 0) is 6.54 Å². The molecule has 5 heteroatoms. The van der Waals surface area contributed by atoms with E-state index in [1.54, 1.807) is 6.20 Å². The number of nitrogens with zero attached hydrogens (tertiary/aromatic N) is 2. The number of benzene rings is 1. The number of hydrogen-bond donors (Lipinski definition) is 0. The number of aromatic nitrogens is 2. The third-order valence-corrected chi connectivity index (χ3v) is 3.59. The van der Waals surface area contributed by atoms with Crippen molar-refractivity contribution in [3.05, 3.63) is 50.2 Å². The summed E-state index contributed by atoms with van der Waals surface area (Å²) in [6.07, 6.45) is 1.64. The van der Waals surface area contributed by atoms with Crippen LogP contribution in [0.5, 0.6) is 0 Å². The summed E-state index contributed by atoms with van der Waals surface area (Å²) in [5.74, 6) is 0. The standard InChI is InChI=1S/C11H9BrCl2N2/c1-7-11(14)5-15-16(7)6-8-2-3-9(12)4-10(8)13/h2-5H,6H2,1H3. The summed E-state index contributed by atoms with van der Waals surface area (Å²) in [4.78, 5) is 0. The first-order valence-electron chi connectivity index (χ1n) is 4.70. The fourth-order valence-electron chi connectivity index (χ4n) is 1.39. The summed E-state index contributed by atoms with van der Waals surface area (Å²) >= 11 is 15.4. The summed E-state index contributed by atoms with van der Waals surface area (Å²) in [5.41, 5.74) is 1.97. The smallest absolute Gasteiger partial charge is 0.0815 e. The van der Waals surface area contributed by atoms with Crippen LogP contribution >= 0.6 is 39.1 Å². The van der Waals surface area contributed by atoms with Crippen LogP contribution < -0.4 is 0 Å². The van der Waals surface area contributed by atoms with Gasteiger partial charge < -0.3 is 0 Å². The van der Waals surface area contributed by atoms with Crippen LogP contribution in [0.1, 0.15) is 11.3 Å². The average molecular weight is 320 g/mol. The van der Waals surface area contributed by atoms with Gasteiger partial charge in [-0.3, -0.25) is 4.68 Å². The van der Waals surface area contributed by atoms with Gasteiger partial charge in [-0.1, -0.05) is 45.2 Å². The van der Waals surface area contributed by atoms with Crippen LogP contribution in [0.2, 0.25) is 10.0 Å². The van der Waals surface area contributed by atoms with Crippen LogP contribution in [0.4, 0.5) is 0 Å². The van der Waals surface area contributed by atoms with E-state index in [9.17, 15) is 0 Å². The number of rotatable bonds is 2. The van der Waals surface area contributed by atoms with E-state index in [4.69, 9.17) is 23.2 Å². The van der Waals surface area contributed by atoms with E-state index in [0.29, 0.717) is 11.6 Å². The second kappa shape index (κ2) is 4.78. The summed E-state index contributed by atoms with van der Waals surface area (Å²) in [6.45, 7) is 2.56. The fraction of sp³-hybridized carbons (Fsp3) is 0.182. The van der Waals surface area contributed by atoms with Gasteiger partial charge in [0, 0.05) is 9.50 Å². The van der Waals surface area contributed by atoms with E-state index in [1.165, 1.54) is 0 Å². The quantitative estimate of drug-likeness (QED) is 0.806. The predicted molar refractivity (Wildman–Crippen MR) is 70.2 cm³/mol. The molecule has 0 aliphatic carbocycles. The highest BCUT2D eigenvalue weighted by Gasteiger charge is 2.07. The van der Waals surface area contributed by atoms with E-state index in [-0.39, 0.29) is 0 Å². The molecule has 2 rings (SSSR count). The summed E-state index contributed by atoms with van der Waals surface area (Å²) in [7, 11) is 0. The molecule has 2 nitrogen and oxygen atoms in total. The van der Waals surface area contributed by atoms with Gasteiger partial charge >= 0.3 is 0 Å². The zero-order chi connectivity index (χ0) is 11.7. The zero-order valence-electron chi connectivity index (χ0n) is 8.54. The lowest BCUT2D eigenvalue weighted by molar-refractivity contribution is 0.665. The van der Waals surface area contributed by atoms with Crippen molar-refractivity contribution in [1.82, 2.24) is 9.78 Å². The van der Waals surface area contributed by atoms with Gasteiger partial charge in [0.25, 0.3) is 0 Å². The van der Waals surface area contributed by atoms with Crippen molar-refractivity contribution in [2.24, 2.45) is 0 Å². The van der Waals surface area contributed by atoms with Crippen molar-refractivity contribution in [1.29, 1.82) is 0 Å². The van der Waals surface area contributed by atoms with Gasteiger partial charge in [-0.05, 0) is 24.6 Å². The first kappa shape index (κ1) is 12.0. The minimum atomic E-state index is 0.630. The van der Waals surface area contributed by atoms with Crippen LogP contribution in [0.3, 0.4) is 0 Å². The molecule has 16 heavy (non-hydrogen) atoms. The molecule has 0 saturated heterocycles. The van der Waals surface area contributed by atoms with Crippen LogP contribution in [-0.4, -0.2) is 9.78 Å². The van der Waals surface area contributed by atoms with E-state index < -0.39 is 0 Å². The van der Waals surface area contributed by atoms with Gasteiger partial charge in [0.2, 0.25) is 0 Å². The third kappa shape index (κ3) is 2.42. The normalized spacial score (nSPS) is 10.8. The van der Waals surface area contributed by atoms with Crippen LogP contribution in [0.25, 0.3) is 0 Å². The fourth-order valence-corrected chi connectivity index (χ4v) is 2.27. The first-order valence-corrected chi connectivity index (χ1v) is 6.24. The molecule has 0 fully saturated rings. The van der Waals surface area contributed by atoms with Gasteiger partial charge in [0.1, 0.15) is 0 Å². The molecule has 0 aliphatic heterocycles. The maximum atomic E-state index is 6.13. The average Bonchev–Trinajstić information content (AvgIpc) is 2.54. The van der Waals surface area contributed by atoms with Crippen molar-refractivity contribution in [2.75, 3.05) is 0 Å². The molecule has 1 heterocycles. The molecule has 0 amide bonds. The van der Waals surface area contributed by atoms with E-state index >= 15 is 0 Å². The molecule has 1 aromatic carbocycles. The molecular weight excluding hydrogens is 311 g/mol. The Hall–Kier alpha value is -0.510. The zero-order valence-corrected chi connectivity index (χ0v) is 11.6. The van der Waals surface area contributed by atoms with Gasteiger partial charge in [-0.2, -0.15) is 5.10 Å². The highest BCUT2D eigenvalue weighted by molar-refractivity contribution is 9.10. The lowest BCUT2D eigenvalue weighted by atomic mass is 10.2. The molecule has 0 bridgehead atoms. The summed E-state index contributed by atoms with van der Waals surface area (Å²) in [5, 5.41) is 5.59. The van der Waals surface area contributed by atoms with Crippen molar-refractivity contribution in [2.45, 2.75) is 13.5 Å². The summed E-state index contributed by atoms with van der Waals surface area (Å²) < 4.78 is 2.80. The van der Waals surface area contributed by atoms with E-state index in [1.807, 2.05) is 29.8 Å². The second-order valence-corrected chi connectivity index (χ2v) is 5.20. The van der Waals surface area contributed by atoms with Gasteiger partial charge in [0.05, 0.1) is 23.5 Å². The highest BCUT2D eigenvalue weighted by Crippen LogP contribution is 2.23. The Balaban J connectivity index is 2.30. The van der Waals surface area contributed by atoms with E-state index in [2.05, 4.69) is 21.0 Å². The first-order chi connectivity index (χ1) is 7.58. The topological polar surface area (TPSA) is 17.8 Å². The van der Waals surface area contributed by atoms with Gasteiger partial charge in [-0.25, -0.2) is 0 Å². The molecule has 0 unspecified atom stereocenters. The van der Waals surface area contributed by atoms with Gasteiger partial charge in [0.15, 0.2) is 0 Å².